The summed E-state index contributed by atoms with van der Waals surface area (Å²) in [4.78, 5) is 0. The molecule has 0 saturated heterocycles. The SMILES string of the molecule is CCCOCC(N)c1ccccc1OC. The number of methoxy groups -OCH3 is 1. The van der Waals surface area contributed by atoms with Crippen molar-refractivity contribution < 1.29 is 9.47 Å². The predicted molar refractivity (Wildman–Crippen MR) is 61.0 cm³/mol. The lowest BCUT2D eigenvalue weighted by Crippen LogP contribution is -2.18. The molecule has 0 heterocycles. The van der Waals surface area contributed by atoms with Gasteiger partial charge in [-0.3, -0.25) is 0 Å². The molecule has 0 bridgehead atoms. The molecule has 1 atom stereocenters. The summed E-state index contributed by atoms with van der Waals surface area (Å²) in [5.74, 6) is 0.824. The average Bonchev–Trinajstić information content (AvgIpc) is 2.29. The Morgan fingerprint density at radius 3 is 2.73 bits per heavy atom. The van der Waals surface area contributed by atoms with E-state index in [1.807, 2.05) is 24.3 Å². The van der Waals surface area contributed by atoms with E-state index in [1.165, 1.54) is 0 Å². The van der Waals surface area contributed by atoms with E-state index in [0.29, 0.717) is 6.61 Å². The molecule has 3 nitrogen and oxygen atoms in total. The Kier molecular flexibility index (Phi) is 5.15. The quantitative estimate of drug-likeness (QED) is 0.730. The average molecular weight is 209 g/mol. The van der Waals surface area contributed by atoms with Gasteiger partial charge < -0.3 is 15.2 Å². The molecular formula is C12H19NO2. The number of benzene rings is 1. The maximum absolute atomic E-state index is 6.01. The molecule has 0 aromatic heterocycles. The van der Waals surface area contributed by atoms with Crippen LogP contribution in [0.2, 0.25) is 0 Å². The van der Waals surface area contributed by atoms with Gasteiger partial charge in [-0.05, 0) is 12.5 Å². The van der Waals surface area contributed by atoms with Crippen LogP contribution in [0.5, 0.6) is 5.75 Å². The van der Waals surface area contributed by atoms with Gasteiger partial charge in [-0.25, -0.2) is 0 Å². The van der Waals surface area contributed by atoms with Crippen molar-refractivity contribution in [2.45, 2.75) is 19.4 Å². The second-order valence-corrected chi connectivity index (χ2v) is 3.42. The normalized spacial score (nSPS) is 12.5. The Labute approximate surface area is 91.2 Å². The third-order valence-corrected chi connectivity index (χ3v) is 2.18. The van der Waals surface area contributed by atoms with Crippen LogP contribution < -0.4 is 10.5 Å². The minimum atomic E-state index is -0.118. The van der Waals surface area contributed by atoms with Gasteiger partial charge in [0, 0.05) is 12.2 Å². The highest BCUT2D eigenvalue weighted by Crippen LogP contribution is 2.23. The Hall–Kier alpha value is -1.06. The highest BCUT2D eigenvalue weighted by Gasteiger charge is 2.10. The Morgan fingerprint density at radius 2 is 2.07 bits per heavy atom. The molecule has 0 fully saturated rings. The van der Waals surface area contributed by atoms with Gasteiger partial charge in [-0.15, -0.1) is 0 Å². The zero-order valence-electron chi connectivity index (χ0n) is 9.40. The third kappa shape index (κ3) is 3.53. The zero-order chi connectivity index (χ0) is 11.1. The smallest absolute Gasteiger partial charge is 0.123 e. The summed E-state index contributed by atoms with van der Waals surface area (Å²) in [7, 11) is 1.65. The van der Waals surface area contributed by atoms with E-state index in [4.69, 9.17) is 15.2 Å². The van der Waals surface area contributed by atoms with E-state index < -0.39 is 0 Å². The van der Waals surface area contributed by atoms with Gasteiger partial charge in [0.1, 0.15) is 5.75 Å². The minimum Gasteiger partial charge on any atom is -0.496 e. The molecule has 0 amide bonds. The molecule has 1 aromatic rings. The topological polar surface area (TPSA) is 44.5 Å². The number of nitrogens with two attached hydrogens (primary N) is 1. The fourth-order valence-corrected chi connectivity index (χ4v) is 1.42. The molecule has 2 N–H and O–H groups in total. The first kappa shape index (κ1) is 12.0. The van der Waals surface area contributed by atoms with Crippen molar-refractivity contribution >= 4 is 0 Å². The van der Waals surface area contributed by atoms with Crippen molar-refractivity contribution in [1.29, 1.82) is 0 Å². The number of hydrogen-bond donors (Lipinski definition) is 1. The third-order valence-electron chi connectivity index (χ3n) is 2.18. The Morgan fingerprint density at radius 1 is 1.33 bits per heavy atom. The Bertz CT molecular complexity index is 289. The first-order chi connectivity index (χ1) is 7.29. The van der Waals surface area contributed by atoms with Gasteiger partial charge >= 0.3 is 0 Å². The molecule has 15 heavy (non-hydrogen) atoms. The maximum atomic E-state index is 6.01. The molecule has 1 rings (SSSR count). The van der Waals surface area contributed by atoms with Crippen LogP contribution in [0.15, 0.2) is 24.3 Å². The van der Waals surface area contributed by atoms with Gasteiger partial charge in [-0.1, -0.05) is 25.1 Å². The van der Waals surface area contributed by atoms with Crippen molar-refractivity contribution in [2.24, 2.45) is 5.73 Å². The van der Waals surface area contributed by atoms with Crippen LogP contribution >= 0.6 is 0 Å². The van der Waals surface area contributed by atoms with Crippen LogP contribution in [0, 0.1) is 0 Å². The maximum Gasteiger partial charge on any atom is 0.123 e. The molecule has 0 spiro atoms. The second kappa shape index (κ2) is 6.43. The van der Waals surface area contributed by atoms with Gasteiger partial charge in [0.25, 0.3) is 0 Å². The van der Waals surface area contributed by atoms with Gasteiger partial charge in [0.2, 0.25) is 0 Å². The lowest BCUT2D eigenvalue weighted by molar-refractivity contribution is 0.121. The van der Waals surface area contributed by atoms with Crippen molar-refractivity contribution in [1.82, 2.24) is 0 Å². The standard InChI is InChI=1S/C12H19NO2/c1-3-8-15-9-11(13)10-6-4-5-7-12(10)14-2/h4-7,11H,3,8-9,13H2,1-2H3. The van der Waals surface area contributed by atoms with Crippen molar-refractivity contribution in [3.63, 3.8) is 0 Å². The molecule has 0 aliphatic carbocycles. The van der Waals surface area contributed by atoms with Crippen LogP contribution in [0.3, 0.4) is 0 Å². The summed E-state index contributed by atoms with van der Waals surface area (Å²) in [6, 6.07) is 7.65. The Balaban J connectivity index is 2.59. The number of ether oxygens (including phenoxy) is 2. The van der Waals surface area contributed by atoms with E-state index in [2.05, 4.69) is 6.92 Å². The fourth-order valence-electron chi connectivity index (χ4n) is 1.42. The van der Waals surface area contributed by atoms with E-state index in [-0.39, 0.29) is 6.04 Å². The summed E-state index contributed by atoms with van der Waals surface area (Å²) in [5.41, 5.74) is 7.00. The summed E-state index contributed by atoms with van der Waals surface area (Å²) in [6.07, 6.45) is 1.01. The van der Waals surface area contributed by atoms with Gasteiger partial charge in [0.05, 0.1) is 19.8 Å². The summed E-state index contributed by atoms with van der Waals surface area (Å²) in [5, 5.41) is 0. The summed E-state index contributed by atoms with van der Waals surface area (Å²) in [6.45, 7) is 3.37. The second-order valence-electron chi connectivity index (χ2n) is 3.42. The number of rotatable bonds is 6. The van der Waals surface area contributed by atoms with Crippen LogP contribution in [-0.2, 0) is 4.74 Å². The first-order valence-electron chi connectivity index (χ1n) is 5.25. The van der Waals surface area contributed by atoms with Crippen molar-refractivity contribution in [2.75, 3.05) is 20.3 Å². The van der Waals surface area contributed by atoms with Gasteiger partial charge in [0.15, 0.2) is 0 Å². The highest BCUT2D eigenvalue weighted by atomic mass is 16.5. The molecule has 84 valence electrons. The molecule has 0 aliphatic rings. The van der Waals surface area contributed by atoms with Crippen molar-refractivity contribution in [3.05, 3.63) is 29.8 Å². The minimum absolute atomic E-state index is 0.118. The fraction of sp³-hybridized carbons (Fsp3) is 0.500. The zero-order valence-corrected chi connectivity index (χ0v) is 9.40. The van der Waals surface area contributed by atoms with Gasteiger partial charge in [-0.2, -0.15) is 0 Å². The highest BCUT2D eigenvalue weighted by molar-refractivity contribution is 5.35. The number of hydrogen-bond acceptors (Lipinski definition) is 3. The molecular weight excluding hydrogens is 190 g/mol. The molecule has 0 radical (unpaired) electrons. The lowest BCUT2D eigenvalue weighted by Gasteiger charge is -2.15. The predicted octanol–water partition coefficient (Wildman–Crippen LogP) is 2.12. The summed E-state index contributed by atoms with van der Waals surface area (Å²) >= 11 is 0. The van der Waals surface area contributed by atoms with Crippen LogP contribution in [-0.4, -0.2) is 20.3 Å². The molecule has 1 aromatic carbocycles. The van der Waals surface area contributed by atoms with E-state index in [0.717, 1.165) is 24.3 Å². The van der Waals surface area contributed by atoms with Crippen LogP contribution in [0.4, 0.5) is 0 Å². The van der Waals surface area contributed by atoms with Crippen LogP contribution in [0.25, 0.3) is 0 Å². The van der Waals surface area contributed by atoms with E-state index in [9.17, 15) is 0 Å². The largest absolute Gasteiger partial charge is 0.496 e. The molecule has 1 unspecified atom stereocenters. The lowest BCUT2D eigenvalue weighted by atomic mass is 10.1. The monoisotopic (exact) mass is 209 g/mol. The van der Waals surface area contributed by atoms with Crippen LogP contribution in [0.1, 0.15) is 24.9 Å². The van der Waals surface area contributed by atoms with E-state index in [1.54, 1.807) is 7.11 Å². The first-order valence-corrected chi connectivity index (χ1v) is 5.25. The molecule has 0 aliphatic heterocycles. The number of para-hydroxylation sites is 1. The molecule has 3 heteroatoms. The summed E-state index contributed by atoms with van der Waals surface area (Å²) < 4.78 is 10.7. The molecule has 0 saturated carbocycles. The van der Waals surface area contributed by atoms with E-state index >= 15 is 0 Å². The van der Waals surface area contributed by atoms with Crippen molar-refractivity contribution in [3.8, 4) is 5.75 Å².